The number of carboxylic acid groups (broad SMARTS) is 1. The average molecular weight is 533 g/mol. The van der Waals surface area contributed by atoms with Crippen LogP contribution in [-0.4, -0.2) is 54.8 Å². The zero-order valence-corrected chi connectivity index (χ0v) is 21.9. The van der Waals surface area contributed by atoms with Gasteiger partial charge in [-0.2, -0.15) is 0 Å². The summed E-state index contributed by atoms with van der Waals surface area (Å²) >= 11 is 0. The highest BCUT2D eigenvalue weighted by Crippen LogP contribution is 2.30. The van der Waals surface area contributed by atoms with E-state index in [4.69, 9.17) is 24.1 Å². The number of rotatable bonds is 14. The van der Waals surface area contributed by atoms with Crippen LogP contribution in [0.4, 0.5) is 0 Å². The summed E-state index contributed by atoms with van der Waals surface area (Å²) in [6, 6.07) is 6.86. The second-order valence-corrected chi connectivity index (χ2v) is 10.1. The Morgan fingerprint density at radius 1 is 0.895 bits per heavy atom. The van der Waals surface area contributed by atoms with Gasteiger partial charge in [0.25, 0.3) is 0 Å². The molecule has 10 nitrogen and oxygen atoms in total. The number of aliphatic carboxylic acids is 1. The zero-order chi connectivity index (χ0) is 28.1. The van der Waals surface area contributed by atoms with Gasteiger partial charge in [0.05, 0.1) is 44.5 Å². The molecular formula is C28H36O10. The van der Waals surface area contributed by atoms with Crippen LogP contribution >= 0.6 is 0 Å². The van der Waals surface area contributed by atoms with Crippen molar-refractivity contribution >= 4 is 29.8 Å². The minimum absolute atomic E-state index is 0.0302. The molecule has 2 rings (SSSR count). The van der Waals surface area contributed by atoms with Crippen molar-refractivity contribution in [3.8, 4) is 5.75 Å². The lowest BCUT2D eigenvalue weighted by atomic mass is 9.82. The Morgan fingerprint density at radius 2 is 1.45 bits per heavy atom. The topological polar surface area (TPSA) is 142 Å². The van der Waals surface area contributed by atoms with E-state index in [2.05, 4.69) is 6.58 Å². The van der Waals surface area contributed by atoms with Gasteiger partial charge in [0.2, 0.25) is 0 Å². The van der Waals surface area contributed by atoms with Gasteiger partial charge in [-0.3, -0.25) is 19.2 Å². The molecule has 0 heterocycles. The lowest BCUT2D eigenvalue weighted by molar-refractivity contribution is -0.154. The molecule has 0 atom stereocenters. The van der Waals surface area contributed by atoms with E-state index < -0.39 is 29.3 Å². The maximum Gasteiger partial charge on any atom is 0.330 e. The summed E-state index contributed by atoms with van der Waals surface area (Å²) in [4.78, 5) is 58.4. The van der Waals surface area contributed by atoms with Crippen molar-refractivity contribution in [3.63, 3.8) is 0 Å². The number of hydrogen-bond donors (Lipinski definition) is 1. The highest BCUT2D eigenvalue weighted by molar-refractivity contribution is 5.81. The Kier molecular flexibility index (Phi) is 12.0. The van der Waals surface area contributed by atoms with Gasteiger partial charge in [0.1, 0.15) is 5.75 Å². The summed E-state index contributed by atoms with van der Waals surface area (Å²) in [5.41, 5.74) is 0.294. The summed E-state index contributed by atoms with van der Waals surface area (Å²) in [6.45, 7) is 7.08. The van der Waals surface area contributed by atoms with Crippen molar-refractivity contribution < 1.29 is 48.0 Å². The molecule has 0 spiro atoms. The first-order chi connectivity index (χ1) is 18.0. The molecule has 0 saturated heterocycles. The Hall–Kier alpha value is -3.69. The largest absolute Gasteiger partial charge is 0.481 e. The highest BCUT2D eigenvalue weighted by atomic mass is 16.6. The first kappa shape index (κ1) is 30.5. The molecule has 0 bridgehead atoms. The molecule has 0 amide bonds. The van der Waals surface area contributed by atoms with Crippen LogP contribution in [0, 0.1) is 17.3 Å². The number of esters is 4. The molecule has 1 aromatic carbocycles. The van der Waals surface area contributed by atoms with Crippen LogP contribution in [0.5, 0.6) is 5.75 Å². The van der Waals surface area contributed by atoms with Crippen LogP contribution in [-0.2, 0) is 44.6 Å². The number of carboxylic acids is 1. The van der Waals surface area contributed by atoms with Gasteiger partial charge in [0, 0.05) is 17.9 Å². The van der Waals surface area contributed by atoms with E-state index in [0.29, 0.717) is 37.9 Å². The second kappa shape index (κ2) is 14.9. The predicted octanol–water partition coefficient (Wildman–Crippen LogP) is 3.65. The second-order valence-electron chi connectivity index (χ2n) is 10.1. The van der Waals surface area contributed by atoms with E-state index in [1.54, 1.807) is 38.1 Å². The van der Waals surface area contributed by atoms with Crippen LogP contribution in [0.25, 0.3) is 0 Å². The SMILES string of the molecule is C=CC(=O)OCC(C)(C)COC(=O)CCC(=O)OCCc1ccc(OC(=O)C2CCC(C(=O)O)CC2)cc1. The molecule has 1 saturated carbocycles. The van der Waals surface area contributed by atoms with E-state index in [-0.39, 0.29) is 50.5 Å². The number of hydrogen-bond acceptors (Lipinski definition) is 9. The Labute approximate surface area is 222 Å². The van der Waals surface area contributed by atoms with Gasteiger partial charge >= 0.3 is 29.8 Å². The Morgan fingerprint density at radius 3 is 2.03 bits per heavy atom. The van der Waals surface area contributed by atoms with Crippen molar-refractivity contribution in [1.82, 2.24) is 0 Å². The molecule has 1 fully saturated rings. The molecular weight excluding hydrogens is 496 g/mol. The first-order valence-electron chi connectivity index (χ1n) is 12.6. The number of carbonyl (C=O) groups is 5. The van der Waals surface area contributed by atoms with Crippen LogP contribution in [0.1, 0.15) is 57.9 Å². The highest BCUT2D eigenvalue weighted by Gasteiger charge is 2.31. The minimum Gasteiger partial charge on any atom is -0.481 e. The molecule has 208 valence electrons. The summed E-state index contributed by atoms with van der Waals surface area (Å²) in [5.74, 6) is -3.09. The molecule has 1 aromatic rings. The van der Waals surface area contributed by atoms with Crippen molar-refractivity contribution in [1.29, 1.82) is 0 Å². The molecule has 1 aliphatic carbocycles. The maximum atomic E-state index is 12.4. The monoisotopic (exact) mass is 532 g/mol. The molecule has 38 heavy (non-hydrogen) atoms. The van der Waals surface area contributed by atoms with Crippen LogP contribution in [0.3, 0.4) is 0 Å². The summed E-state index contributed by atoms with van der Waals surface area (Å²) < 4.78 is 20.7. The predicted molar refractivity (Wildman–Crippen MR) is 135 cm³/mol. The van der Waals surface area contributed by atoms with Gasteiger partial charge in [-0.1, -0.05) is 32.6 Å². The Balaban J connectivity index is 1.62. The summed E-state index contributed by atoms with van der Waals surface area (Å²) in [6.07, 6.45) is 3.21. The minimum atomic E-state index is -0.817. The first-order valence-corrected chi connectivity index (χ1v) is 12.6. The standard InChI is InChI=1S/C28H36O10/c1-4-23(29)36-17-28(2,3)18-37-25(31)14-13-24(30)35-16-15-19-5-11-22(12-6-19)38-27(34)21-9-7-20(8-10-21)26(32)33/h4-6,11-12,20-21H,1,7-10,13-18H2,2-3H3,(H,32,33). The number of benzene rings is 1. The molecule has 1 aliphatic rings. The molecule has 10 heteroatoms. The molecule has 0 unspecified atom stereocenters. The third-order valence-corrected chi connectivity index (χ3v) is 6.13. The summed E-state index contributed by atoms with van der Waals surface area (Å²) in [7, 11) is 0. The lowest BCUT2D eigenvalue weighted by Crippen LogP contribution is -2.28. The smallest absolute Gasteiger partial charge is 0.330 e. The third kappa shape index (κ3) is 11.1. The maximum absolute atomic E-state index is 12.4. The normalized spacial score (nSPS) is 17.1. The molecule has 0 aliphatic heterocycles. The van der Waals surface area contributed by atoms with E-state index >= 15 is 0 Å². The Bertz CT molecular complexity index is 987. The summed E-state index contributed by atoms with van der Waals surface area (Å²) in [5, 5.41) is 9.07. The van der Waals surface area contributed by atoms with Gasteiger partial charge in [0.15, 0.2) is 0 Å². The van der Waals surface area contributed by atoms with Crippen LogP contribution in [0.15, 0.2) is 36.9 Å². The van der Waals surface area contributed by atoms with Gasteiger partial charge in [-0.15, -0.1) is 0 Å². The molecule has 0 radical (unpaired) electrons. The fourth-order valence-electron chi connectivity index (χ4n) is 3.77. The van der Waals surface area contributed by atoms with E-state index in [1.165, 1.54) is 0 Å². The van der Waals surface area contributed by atoms with Gasteiger partial charge in [-0.25, -0.2) is 4.79 Å². The molecule has 1 N–H and O–H groups in total. The van der Waals surface area contributed by atoms with E-state index in [0.717, 1.165) is 11.6 Å². The number of ether oxygens (including phenoxy) is 4. The van der Waals surface area contributed by atoms with Gasteiger partial charge < -0.3 is 24.1 Å². The number of carbonyl (C=O) groups excluding carboxylic acids is 4. The van der Waals surface area contributed by atoms with Crippen LogP contribution < -0.4 is 4.74 Å². The quantitative estimate of drug-likeness (QED) is 0.163. The van der Waals surface area contributed by atoms with Crippen molar-refractivity contribution in [2.75, 3.05) is 19.8 Å². The van der Waals surface area contributed by atoms with E-state index in [1.807, 2.05) is 0 Å². The zero-order valence-electron chi connectivity index (χ0n) is 21.9. The average Bonchev–Trinajstić information content (AvgIpc) is 2.90. The van der Waals surface area contributed by atoms with Crippen LogP contribution in [0.2, 0.25) is 0 Å². The fourth-order valence-corrected chi connectivity index (χ4v) is 3.77. The van der Waals surface area contributed by atoms with Crippen molar-refractivity contribution in [2.45, 2.75) is 58.8 Å². The van der Waals surface area contributed by atoms with Gasteiger partial charge in [-0.05, 0) is 43.4 Å². The van der Waals surface area contributed by atoms with Crippen molar-refractivity contribution in [3.05, 3.63) is 42.5 Å². The van der Waals surface area contributed by atoms with E-state index in [9.17, 15) is 24.0 Å². The van der Waals surface area contributed by atoms with Crippen molar-refractivity contribution in [2.24, 2.45) is 17.3 Å². The lowest BCUT2D eigenvalue weighted by Gasteiger charge is -2.24. The molecule has 0 aromatic heterocycles. The third-order valence-electron chi connectivity index (χ3n) is 6.13. The fraction of sp³-hybridized carbons (Fsp3) is 0.536.